The molecule has 0 aromatic carbocycles. The molecule has 3 rings (SSSR count). The standard InChI is InChI=1S/C17H19N5O3S/c1-11-14(12(2)22-17(20-11)18-10-19-22)6-16(24)25-8-15(23)21(3)7-13-4-5-26-9-13/h4-5,9-10H,6-8H2,1-3H3. The van der Waals surface area contributed by atoms with Gasteiger partial charge in [-0.25, -0.2) is 9.50 Å². The second kappa shape index (κ2) is 7.61. The van der Waals surface area contributed by atoms with Gasteiger partial charge >= 0.3 is 5.97 Å². The second-order valence-electron chi connectivity index (χ2n) is 5.95. The Balaban J connectivity index is 1.58. The highest BCUT2D eigenvalue weighted by molar-refractivity contribution is 7.07. The van der Waals surface area contributed by atoms with Gasteiger partial charge in [-0.1, -0.05) is 0 Å². The molecule has 0 radical (unpaired) electrons. The van der Waals surface area contributed by atoms with Crippen molar-refractivity contribution < 1.29 is 14.3 Å². The van der Waals surface area contributed by atoms with Crippen molar-refractivity contribution in [3.63, 3.8) is 0 Å². The van der Waals surface area contributed by atoms with Crippen molar-refractivity contribution in [3.8, 4) is 0 Å². The minimum absolute atomic E-state index is 0.0298. The monoisotopic (exact) mass is 373 g/mol. The number of likely N-dealkylation sites (N-methyl/N-ethyl adjacent to an activating group) is 1. The molecule has 0 aliphatic carbocycles. The van der Waals surface area contributed by atoms with E-state index in [0.717, 1.165) is 16.8 Å². The van der Waals surface area contributed by atoms with Gasteiger partial charge in [0.15, 0.2) is 6.61 Å². The molecule has 3 aromatic heterocycles. The molecule has 9 heteroatoms. The Morgan fingerprint density at radius 3 is 2.88 bits per heavy atom. The molecule has 3 heterocycles. The first-order valence-electron chi connectivity index (χ1n) is 8.02. The number of carbonyl (C=O) groups is 2. The van der Waals surface area contributed by atoms with Crippen LogP contribution in [0.15, 0.2) is 23.2 Å². The van der Waals surface area contributed by atoms with Crippen molar-refractivity contribution in [1.29, 1.82) is 0 Å². The number of rotatable bonds is 6. The zero-order chi connectivity index (χ0) is 18.7. The largest absolute Gasteiger partial charge is 0.455 e. The van der Waals surface area contributed by atoms with Crippen LogP contribution in [-0.2, 0) is 27.3 Å². The van der Waals surface area contributed by atoms with Gasteiger partial charge in [0.25, 0.3) is 11.7 Å². The summed E-state index contributed by atoms with van der Waals surface area (Å²) in [6.45, 7) is 3.87. The fraction of sp³-hybridized carbons (Fsp3) is 0.353. The number of fused-ring (bicyclic) bond motifs is 1. The summed E-state index contributed by atoms with van der Waals surface area (Å²) in [5.74, 6) is -0.236. The molecule has 3 aromatic rings. The van der Waals surface area contributed by atoms with Crippen molar-refractivity contribution in [2.75, 3.05) is 13.7 Å². The summed E-state index contributed by atoms with van der Waals surface area (Å²) >= 11 is 1.58. The van der Waals surface area contributed by atoms with Gasteiger partial charge in [-0.2, -0.15) is 21.4 Å². The zero-order valence-electron chi connectivity index (χ0n) is 14.8. The van der Waals surface area contributed by atoms with Crippen LogP contribution in [0.5, 0.6) is 0 Å². The summed E-state index contributed by atoms with van der Waals surface area (Å²) in [5, 5.41) is 8.03. The summed E-state index contributed by atoms with van der Waals surface area (Å²) in [6.07, 6.45) is 1.45. The van der Waals surface area contributed by atoms with Crippen LogP contribution in [0.25, 0.3) is 5.78 Å². The van der Waals surface area contributed by atoms with E-state index in [2.05, 4.69) is 15.1 Å². The second-order valence-corrected chi connectivity index (χ2v) is 6.73. The highest BCUT2D eigenvalue weighted by atomic mass is 32.1. The summed E-state index contributed by atoms with van der Waals surface area (Å²) in [7, 11) is 1.69. The summed E-state index contributed by atoms with van der Waals surface area (Å²) < 4.78 is 6.73. The van der Waals surface area contributed by atoms with Gasteiger partial charge in [-0.05, 0) is 36.2 Å². The molecular weight excluding hydrogens is 354 g/mol. The predicted octanol–water partition coefficient (Wildman–Crippen LogP) is 1.55. The molecule has 0 spiro atoms. The number of hydrogen-bond donors (Lipinski definition) is 0. The maximum absolute atomic E-state index is 12.2. The Kier molecular flexibility index (Phi) is 5.27. The summed E-state index contributed by atoms with van der Waals surface area (Å²) in [4.78, 5) is 34.2. The number of hydrogen-bond acceptors (Lipinski definition) is 7. The van der Waals surface area contributed by atoms with Crippen molar-refractivity contribution in [1.82, 2.24) is 24.5 Å². The summed E-state index contributed by atoms with van der Waals surface area (Å²) in [5.41, 5.74) is 3.26. The number of esters is 1. The van der Waals surface area contributed by atoms with Gasteiger partial charge in [0.2, 0.25) is 0 Å². The molecule has 136 valence electrons. The predicted molar refractivity (Wildman–Crippen MR) is 95.7 cm³/mol. The molecule has 0 fully saturated rings. The molecule has 0 saturated heterocycles. The first-order valence-corrected chi connectivity index (χ1v) is 8.96. The third kappa shape index (κ3) is 3.88. The van der Waals surface area contributed by atoms with Crippen molar-refractivity contribution in [2.24, 2.45) is 0 Å². The Morgan fingerprint density at radius 1 is 1.35 bits per heavy atom. The maximum atomic E-state index is 12.2. The molecule has 0 atom stereocenters. The highest BCUT2D eigenvalue weighted by Crippen LogP contribution is 2.14. The minimum Gasteiger partial charge on any atom is -0.455 e. The van der Waals surface area contributed by atoms with Crippen LogP contribution in [0.4, 0.5) is 0 Å². The van der Waals surface area contributed by atoms with Crippen molar-refractivity contribution >= 4 is 29.0 Å². The van der Waals surface area contributed by atoms with Crippen LogP contribution >= 0.6 is 11.3 Å². The fourth-order valence-electron chi connectivity index (χ4n) is 2.60. The number of carbonyl (C=O) groups excluding carboxylic acids is 2. The van der Waals surface area contributed by atoms with E-state index in [0.29, 0.717) is 18.0 Å². The Hall–Kier alpha value is -2.81. The van der Waals surface area contributed by atoms with Crippen LogP contribution in [0, 0.1) is 13.8 Å². The third-order valence-corrected chi connectivity index (χ3v) is 4.82. The van der Waals surface area contributed by atoms with E-state index in [1.54, 1.807) is 22.9 Å². The van der Waals surface area contributed by atoms with Gasteiger partial charge in [0, 0.05) is 30.5 Å². The molecule has 0 aliphatic heterocycles. The lowest BCUT2D eigenvalue weighted by molar-refractivity contribution is -0.151. The van der Waals surface area contributed by atoms with E-state index >= 15 is 0 Å². The average Bonchev–Trinajstić information content (AvgIpc) is 3.28. The number of ether oxygens (including phenoxy) is 1. The van der Waals surface area contributed by atoms with Gasteiger partial charge in [-0.15, -0.1) is 0 Å². The number of amides is 1. The number of nitrogens with zero attached hydrogens (tertiary/aromatic N) is 5. The molecule has 0 aliphatic rings. The van der Waals surface area contributed by atoms with E-state index in [4.69, 9.17) is 4.74 Å². The van der Waals surface area contributed by atoms with Gasteiger partial charge in [0.05, 0.1) is 6.42 Å². The van der Waals surface area contributed by atoms with Crippen LogP contribution in [0.3, 0.4) is 0 Å². The molecule has 0 N–H and O–H groups in total. The number of aromatic nitrogens is 4. The van der Waals surface area contributed by atoms with Crippen LogP contribution in [-0.4, -0.2) is 50.0 Å². The van der Waals surface area contributed by atoms with Crippen molar-refractivity contribution in [2.45, 2.75) is 26.8 Å². The number of aryl methyl sites for hydroxylation is 2. The molecule has 0 unspecified atom stereocenters. The minimum atomic E-state index is -0.477. The van der Waals surface area contributed by atoms with E-state index in [1.165, 1.54) is 11.2 Å². The van der Waals surface area contributed by atoms with Crippen LogP contribution < -0.4 is 0 Å². The van der Waals surface area contributed by atoms with Crippen LogP contribution in [0.1, 0.15) is 22.5 Å². The van der Waals surface area contributed by atoms with Gasteiger partial charge in [0.1, 0.15) is 6.33 Å². The van der Waals surface area contributed by atoms with Crippen LogP contribution in [0.2, 0.25) is 0 Å². The smallest absolute Gasteiger partial charge is 0.310 e. The molecular formula is C17H19N5O3S. The van der Waals surface area contributed by atoms with E-state index in [1.807, 2.05) is 30.7 Å². The molecule has 0 saturated carbocycles. The lowest BCUT2D eigenvalue weighted by Crippen LogP contribution is -2.31. The Labute approximate surface area is 154 Å². The Morgan fingerprint density at radius 2 is 2.15 bits per heavy atom. The lowest BCUT2D eigenvalue weighted by Gasteiger charge is -2.16. The van der Waals surface area contributed by atoms with E-state index in [-0.39, 0.29) is 18.9 Å². The van der Waals surface area contributed by atoms with Gasteiger partial charge < -0.3 is 9.64 Å². The summed E-state index contributed by atoms with van der Waals surface area (Å²) in [6, 6.07) is 1.96. The molecule has 26 heavy (non-hydrogen) atoms. The quantitative estimate of drug-likeness (QED) is 0.609. The number of thiophene rings is 1. The molecule has 1 amide bonds. The SMILES string of the molecule is Cc1nc2ncnn2c(C)c1CC(=O)OCC(=O)N(C)Cc1ccsc1. The van der Waals surface area contributed by atoms with Gasteiger partial charge in [-0.3, -0.25) is 9.59 Å². The molecule has 0 bridgehead atoms. The zero-order valence-corrected chi connectivity index (χ0v) is 15.6. The lowest BCUT2D eigenvalue weighted by atomic mass is 10.1. The Bertz CT molecular complexity index is 935. The van der Waals surface area contributed by atoms with Crippen molar-refractivity contribution in [3.05, 3.63) is 45.7 Å². The first kappa shape index (κ1) is 18.0. The third-order valence-electron chi connectivity index (χ3n) is 4.09. The first-order chi connectivity index (χ1) is 12.5. The highest BCUT2D eigenvalue weighted by Gasteiger charge is 2.17. The fourth-order valence-corrected chi connectivity index (χ4v) is 3.26. The maximum Gasteiger partial charge on any atom is 0.310 e. The van der Waals surface area contributed by atoms with E-state index in [9.17, 15) is 9.59 Å². The van der Waals surface area contributed by atoms with E-state index < -0.39 is 5.97 Å². The topological polar surface area (TPSA) is 89.7 Å². The molecule has 8 nitrogen and oxygen atoms in total. The normalized spacial score (nSPS) is 10.9. The average molecular weight is 373 g/mol.